The summed E-state index contributed by atoms with van der Waals surface area (Å²) in [5, 5.41) is 3.29. The number of β-lactam (4-membered cyclic amide) rings is 1. The fourth-order valence-corrected chi connectivity index (χ4v) is 13.1. The van der Waals surface area contributed by atoms with Gasteiger partial charge in [-0.05, 0) is 53.1 Å². The number of carbonyl (C=O) groups is 2. The van der Waals surface area contributed by atoms with Gasteiger partial charge in [0.1, 0.15) is 34.2 Å². The zero-order chi connectivity index (χ0) is 36.0. The Morgan fingerprint density at radius 2 is 1.11 bits per heavy atom. The Bertz CT molecular complexity index is 2110. The fourth-order valence-electron chi connectivity index (χ4n) is 7.28. The van der Waals surface area contributed by atoms with Gasteiger partial charge in [-0.15, -0.1) is 11.8 Å². The van der Waals surface area contributed by atoms with Crippen molar-refractivity contribution in [3.8, 4) is 0 Å². The summed E-state index contributed by atoms with van der Waals surface area (Å²) >= 11 is 1.67. The number of benzene rings is 6. The van der Waals surface area contributed by atoms with E-state index >= 15 is 0 Å². The third kappa shape index (κ3) is 7.45. The molecule has 0 spiro atoms. The predicted molar refractivity (Wildman–Crippen MR) is 219 cm³/mol. The highest BCUT2D eigenvalue weighted by atomic mass is 127. The molecule has 0 aliphatic carbocycles. The lowest BCUT2D eigenvalue weighted by Gasteiger charge is -2.48. The molecule has 0 aromatic heterocycles. The van der Waals surface area contributed by atoms with E-state index in [1.54, 1.807) is 22.9 Å². The first-order chi connectivity index (χ1) is 26.1. The summed E-state index contributed by atoms with van der Waals surface area (Å²) in [5.41, 5.74) is 3.88. The molecule has 1 unspecified atom stereocenters. The third-order valence-corrected chi connectivity index (χ3v) is 15.6. The van der Waals surface area contributed by atoms with Crippen molar-refractivity contribution in [1.29, 1.82) is 0 Å². The van der Waals surface area contributed by atoms with Crippen LogP contribution in [0.5, 0.6) is 0 Å². The van der Waals surface area contributed by atoms with E-state index in [1.807, 2.05) is 109 Å². The van der Waals surface area contributed by atoms with Crippen LogP contribution in [0.1, 0.15) is 22.8 Å². The Labute approximate surface area is 338 Å². The van der Waals surface area contributed by atoms with Crippen LogP contribution in [0.3, 0.4) is 0 Å². The zero-order valence-corrected chi connectivity index (χ0v) is 33.3. The second-order valence-electron chi connectivity index (χ2n) is 13.1. The third-order valence-electron chi connectivity index (χ3n) is 9.84. The van der Waals surface area contributed by atoms with Gasteiger partial charge >= 0.3 is 5.97 Å². The van der Waals surface area contributed by atoms with E-state index in [0.717, 1.165) is 22.3 Å². The number of ether oxygens (including phenoxy) is 1. The van der Waals surface area contributed by atoms with E-state index in [9.17, 15) is 9.59 Å². The molecule has 0 N–H and O–H groups in total. The minimum absolute atomic E-state index is 0. The Hall–Kier alpha value is -4.82. The summed E-state index contributed by atoms with van der Waals surface area (Å²) in [7, 11) is -2.41. The molecule has 2 heterocycles. The van der Waals surface area contributed by atoms with Gasteiger partial charge in [0, 0.05) is 17.5 Å². The topological polar surface area (TPSA) is 59.0 Å². The highest BCUT2D eigenvalue weighted by molar-refractivity contribution is 8.00. The van der Waals surface area contributed by atoms with Crippen LogP contribution in [-0.2, 0) is 14.3 Å². The lowest BCUT2D eigenvalue weighted by atomic mass is 10.0. The summed E-state index contributed by atoms with van der Waals surface area (Å²) < 4.78 is 6.56. The largest absolute Gasteiger partial charge is 1.00 e. The van der Waals surface area contributed by atoms with Crippen molar-refractivity contribution in [1.82, 2.24) is 4.90 Å². The zero-order valence-electron chi connectivity index (χ0n) is 29.4. The molecule has 6 aromatic rings. The lowest BCUT2D eigenvalue weighted by molar-refractivity contribution is -0.153. The number of rotatable bonds is 11. The van der Waals surface area contributed by atoms with E-state index < -0.39 is 25.4 Å². The summed E-state index contributed by atoms with van der Waals surface area (Å²) in [6.07, 6.45) is 1.67. The summed E-state index contributed by atoms with van der Waals surface area (Å²) in [6, 6.07) is 60.6. The number of carbonyl (C=O) groups excluding carboxylic acids is 2. The number of hydrogen-bond acceptors (Lipinski definition) is 5. The van der Waals surface area contributed by atoms with Crippen LogP contribution >= 0.6 is 19.0 Å². The second-order valence-corrected chi connectivity index (χ2v) is 17.7. The van der Waals surface area contributed by atoms with Crippen LogP contribution in [-0.4, -0.2) is 46.3 Å². The normalized spacial score (nSPS) is 16.8. The Balaban J connectivity index is 0.00000450. The molecule has 2 aliphatic rings. The van der Waals surface area contributed by atoms with Gasteiger partial charge in [-0.25, -0.2) is 4.79 Å². The van der Waals surface area contributed by atoms with Gasteiger partial charge in [0.15, 0.2) is 12.1 Å². The van der Waals surface area contributed by atoms with Crippen molar-refractivity contribution >= 4 is 53.0 Å². The smallest absolute Gasteiger partial charge is 0.356 e. The summed E-state index contributed by atoms with van der Waals surface area (Å²) in [6.45, 7) is 0. The molecule has 54 heavy (non-hydrogen) atoms. The van der Waals surface area contributed by atoms with Crippen LogP contribution in [0.2, 0.25) is 0 Å². The van der Waals surface area contributed by atoms with E-state index in [0.29, 0.717) is 17.6 Å². The minimum Gasteiger partial charge on any atom is -1.00 e. The monoisotopic (exact) mass is 856 g/mol. The quantitative estimate of drug-likeness (QED) is 0.0608. The number of aliphatic imine (C=N–C) groups is 1. The Kier molecular flexibility index (Phi) is 11.9. The molecule has 0 saturated carbocycles. The number of nitrogens with zero attached hydrogens (tertiary/aromatic N) is 2. The van der Waals surface area contributed by atoms with Crippen molar-refractivity contribution in [2.75, 3.05) is 11.9 Å². The SMILES string of the molecule is O=C(OC(c1ccccc1)c1ccccc1)C1=C(C[P+](c2ccccc2)(c2ccccc2)c2ccccc2)CS[C@H]2C(N=Cc3ccccc3)C(=O)N12.[I-]. The number of fused-ring (bicyclic) bond motifs is 1. The van der Waals surface area contributed by atoms with Crippen molar-refractivity contribution in [3.05, 3.63) is 210 Å². The van der Waals surface area contributed by atoms with Crippen molar-refractivity contribution in [2.24, 2.45) is 4.99 Å². The Morgan fingerprint density at radius 3 is 1.57 bits per heavy atom. The average Bonchev–Trinajstić information content (AvgIpc) is 3.23. The van der Waals surface area contributed by atoms with Gasteiger partial charge < -0.3 is 28.7 Å². The van der Waals surface area contributed by atoms with Crippen LogP contribution in [0, 0.1) is 0 Å². The molecule has 5 nitrogen and oxygen atoms in total. The molecule has 2 aliphatic heterocycles. The molecule has 268 valence electrons. The highest BCUT2D eigenvalue weighted by Gasteiger charge is 2.56. The molecule has 1 saturated heterocycles. The van der Waals surface area contributed by atoms with Gasteiger partial charge in [0.2, 0.25) is 0 Å². The fraction of sp³-hybridized carbons (Fsp3) is 0.109. The van der Waals surface area contributed by atoms with Gasteiger partial charge in [-0.2, -0.15) is 0 Å². The number of amides is 1. The molecule has 0 bridgehead atoms. The molecular weight excluding hydrogens is 818 g/mol. The highest BCUT2D eigenvalue weighted by Crippen LogP contribution is 2.58. The van der Waals surface area contributed by atoms with E-state index in [2.05, 4.69) is 72.8 Å². The first-order valence-electron chi connectivity index (χ1n) is 17.7. The Morgan fingerprint density at radius 1 is 0.685 bits per heavy atom. The molecule has 8 rings (SSSR count). The molecule has 8 heteroatoms. The molecular formula is C46H38IN2O3PS. The van der Waals surface area contributed by atoms with E-state index in [4.69, 9.17) is 9.73 Å². The number of esters is 1. The van der Waals surface area contributed by atoms with Gasteiger partial charge in [-0.1, -0.05) is 146 Å². The van der Waals surface area contributed by atoms with Crippen LogP contribution in [0.15, 0.2) is 198 Å². The summed E-state index contributed by atoms with van der Waals surface area (Å²) in [5.74, 6) is -0.141. The average molecular weight is 857 g/mol. The van der Waals surface area contributed by atoms with E-state index in [-0.39, 0.29) is 35.3 Å². The van der Waals surface area contributed by atoms with E-state index in [1.165, 1.54) is 15.9 Å². The van der Waals surface area contributed by atoms with Gasteiger partial charge in [-0.3, -0.25) is 14.7 Å². The number of thioether (sulfide) groups is 1. The molecule has 6 aromatic carbocycles. The minimum atomic E-state index is -2.41. The standard InChI is InChI=1S/C46H38N2O3PS.HI/c49-44-41(47-31-34-19-7-1-8-20-34)45-48(44)42(46(50)51-43(35-21-9-2-10-22-35)36-23-11-3-12-24-36)37(33-53-45)32-52(38-25-13-4-14-26-38,39-27-15-5-16-28-39)40-29-17-6-18-30-40;/h1-31,41,43,45H,32-33H2;1H/q+1;/p-1/t41?,45-;/m0./s1. The first-order valence-corrected chi connectivity index (χ1v) is 20.8. The number of halogens is 1. The predicted octanol–water partition coefficient (Wildman–Crippen LogP) is 4.97. The van der Waals surface area contributed by atoms with Crippen LogP contribution in [0.4, 0.5) is 0 Å². The molecule has 1 amide bonds. The molecule has 0 radical (unpaired) electrons. The van der Waals surface area contributed by atoms with Crippen molar-refractivity contribution in [2.45, 2.75) is 17.5 Å². The second kappa shape index (κ2) is 17.1. The summed E-state index contributed by atoms with van der Waals surface area (Å²) in [4.78, 5) is 35.6. The molecule has 2 atom stereocenters. The van der Waals surface area contributed by atoms with Crippen molar-refractivity contribution < 1.29 is 38.3 Å². The lowest BCUT2D eigenvalue weighted by Crippen LogP contribution is -3.00. The van der Waals surface area contributed by atoms with Crippen molar-refractivity contribution in [3.63, 3.8) is 0 Å². The maximum absolute atomic E-state index is 15.0. The maximum atomic E-state index is 15.0. The van der Waals surface area contributed by atoms with Crippen LogP contribution < -0.4 is 39.9 Å². The number of hydrogen-bond donors (Lipinski definition) is 0. The van der Waals surface area contributed by atoms with Crippen LogP contribution in [0.25, 0.3) is 0 Å². The van der Waals surface area contributed by atoms with Gasteiger partial charge in [0.25, 0.3) is 5.91 Å². The first kappa shape index (κ1) is 37.5. The molecule has 1 fully saturated rings. The van der Waals surface area contributed by atoms with Gasteiger partial charge in [0.05, 0.1) is 6.16 Å². The maximum Gasteiger partial charge on any atom is 0.356 e.